The lowest BCUT2D eigenvalue weighted by molar-refractivity contribution is -0.140. The molecule has 0 aliphatic rings. The van der Waals surface area contributed by atoms with E-state index in [1.807, 2.05) is 24.3 Å². The second-order valence-electron chi connectivity index (χ2n) is 4.03. The number of carbonyl (C=O) groups excluding carboxylic acids is 2. The van der Waals surface area contributed by atoms with Crippen LogP contribution in [0.2, 0.25) is 0 Å². The molecule has 0 radical (unpaired) electrons. The third kappa shape index (κ3) is 9.06. The van der Waals surface area contributed by atoms with Crippen LogP contribution in [0.25, 0.3) is 0 Å². The van der Waals surface area contributed by atoms with Gasteiger partial charge in [-0.05, 0) is 24.3 Å². The quantitative estimate of drug-likeness (QED) is 0.398. The highest BCUT2D eigenvalue weighted by Crippen LogP contribution is 2.19. The van der Waals surface area contributed by atoms with E-state index in [1.54, 1.807) is 11.8 Å². The smallest absolute Gasteiger partial charge is 0.306 e. The first-order valence-corrected chi connectivity index (χ1v) is 9.35. The average Bonchev–Trinajstić information content (AvgIpc) is 2.49. The molecule has 0 aliphatic carbocycles. The van der Waals surface area contributed by atoms with Gasteiger partial charge in [0.15, 0.2) is 0 Å². The summed E-state index contributed by atoms with van der Waals surface area (Å²) in [6, 6.07) is 8.08. The van der Waals surface area contributed by atoms with E-state index in [0.29, 0.717) is 24.5 Å². The van der Waals surface area contributed by atoms with E-state index in [1.165, 1.54) is 23.8 Å². The average molecular weight is 392 g/mol. The van der Waals surface area contributed by atoms with Gasteiger partial charge in [-0.2, -0.15) is 11.8 Å². The van der Waals surface area contributed by atoms with Crippen LogP contribution >= 0.6 is 39.5 Å². The summed E-state index contributed by atoms with van der Waals surface area (Å²) in [5.74, 6) is 1.57. The third-order valence-corrected chi connectivity index (χ3v) is 4.92. The van der Waals surface area contributed by atoms with E-state index >= 15 is 0 Å². The van der Waals surface area contributed by atoms with Gasteiger partial charge in [0.1, 0.15) is 0 Å². The Morgan fingerprint density at radius 3 is 2.62 bits per heavy atom. The lowest BCUT2D eigenvalue weighted by atomic mass is 10.4. The Morgan fingerprint density at radius 1 is 1.24 bits per heavy atom. The SMILES string of the molecule is COC(=O)CCSCC(=O)NCCSc1ccc(Br)cc1. The number of carbonyl (C=O) groups is 2. The Hall–Kier alpha value is -0.660. The number of hydrogen-bond donors (Lipinski definition) is 1. The van der Waals surface area contributed by atoms with Crippen molar-refractivity contribution in [3.63, 3.8) is 0 Å². The van der Waals surface area contributed by atoms with Gasteiger partial charge in [-0.25, -0.2) is 0 Å². The van der Waals surface area contributed by atoms with Crippen LogP contribution in [0.3, 0.4) is 0 Å². The lowest BCUT2D eigenvalue weighted by Gasteiger charge is -2.05. The molecule has 0 heterocycles. The van der Waals surface area contributed by atoms with Gasteiger partial charge in [-0.1, -0.05) is 15.9 Å². The highest BCUT2D eigenvalue weighted by Gasteiger charge is 2.04. The molecule has 0 spiro atoms. The molecule has 4 nitrogen and oxygen atoms in total. The van der Waals surface area contributed by atoms with Crippen molar-refractivity contribution in [1.29, 1.82) is 0 Å². The van der Waals surface area contributed by atoms with Crippen LogP contribution < -0.4 is 5.32 Å². The third-order valence-electron chi connectivity index (χ3n) is 2.42. The normalized spacial score (nSPS) is 10.2. The van der Waals surface area contributed by atoms with Crippen molar-refractivity contribution >= 4 is 51.3 Å². The molecule has 1 rings (SSSR count). The zero-order valence-corrected chi connectivity index (χ0v) is 15.0. The Labute approximate surface area is 141 Å². The molecule has 116 valence electrons. The number of nitrogens with one attached hydrogen (secondary N) is 1. The number of hydrogen-bond acceptors (Lipinski definition) is 5. The number of benzene rings is 1. The van der Waals surface area contributed by atoms with Crippen LogP contribution in [0.5, 0.6) is 0 Å². The topological polar surface area (TPSA) is 55.4 Å². The Balaban J connectivity index is 2.03. The van der Waals surface area contributed by atoms with Gasteiger partial charge in [0.05, 0.1) is 19.3 Å². The maximum absolute atomic E-state index is 11.5. The van der Waals surface area contributed by atoms with E-state index in [2.05, 4.69) is 26.0 Å². The summed E-state index contributed by atoms with van der Waals surface area (Å²) in [5.41, 5.74) is 0. The van der Waals surface area contributed by atoms with Crippen molar-refractivity contribution < 1.29 is 14.3 Å². The van der Waals surface area contributed by atoms with E-state index in [0.717, 1.165) is 10.2 Å². The van der Waals surface area contributed by atoms with Crippen molar-refractivity contribution in [3.8, 4) is 0 Å². The monoisotopic (exact) mass is 391 g/mol. The molecule has 7 heteroatoms. The summed E-state index contributed by atoms with van der Waals surface area (Å²) in [5, 5.41) is 2.86. The van der Waals surface area contributed by atoms with Gasteiger partial charge in [-0.3, -0.25) is 9.59 Å². The summed E-state index contributed by atoms with van der Waals surface area (Å²) >= 11 is 6.53. The molecule has 0 atom stereocenters. The first-order chi connectivity index (χ1) is 10.1. The lowest BCUT2D eigenvalue weighted by Crippen LogP contribution is -2.27. The number of ether oxygens (including phenoxy) is 1. The second-order valence-corrected chi connectivity index (χ2v) is 7.22. The molecule has 1 N–H and O–H groups in total. The van der Waals surface area contributed by atoms with Crippen LogP contribution in [0.4, 0.5) is 0 Å². The first kappa shape index (κ1) is 18.4. The van der Waals surface area contributed by atoms with E-state index in [4.69, 9.17) is 0 Å². The Kier molecular flexibility index (Phi) is 9.62. The predicted octanol–water partition coefficient (Wildman–Crippen LogP) is 2.95. The highest BCUT2D eigenvalue weighted by atomic mass is 79.9. The molecule has 0 fully saturated rings. The first-order valence-electron chi connectivity index (χ1n) is 6.41. The Bertz CT molecular complexity index is 454. The molecule has 0 saturated heterocycles. The Morgan fingerprint density at radius 2 is 1.95 bits per heavy atom. The number of amides is 1. The van der Waals surface area contributed by atoms with Crippen LogP contribution in [0.15, 0.2) is 33.6 Å². The molecule has 0 saturated carbocycles. The van der Waals surface area contributed by atoms with E-state index < -0.39 is 0 Å². The predicted molar refractivity (Wildman–Crippen MR) is 91.8 cm³/mol. The van der Waals surface area contributed by atoms with Gasteiger partial charge in [0, 0.05) is 27.4 Å². The zero-order chi connectivity index (χ0) is 15.5. The summed E-state index contributed by atoms with van der Waals surface area (Å²) in [6.45, 7) is 0.636. The van der Waals surface area contributed by atoms with Gasteiger partial charge in [0.25, 0.3) is 0 Å². The second kappa shape index (κ2) is 11.0. The fraction of sp³-hybridized carbons (Fsp3) is 0.429. The van der Waals surface area contributed by atoms with Gasteiger partial charge < -0.3 is 10.1 Å². The minimum absolute atomic E-state index is 0.00118. The molecule has 1 aromatic carbocycles. The van der Waals surface area contributed by atoms with E-state index in [9.17, 15) is 9.59 Å². The number of rotatable bonds is 9. The van der Waals surface area contributed by atoms with E-state index in [-0.39, 0.29) is 11.9 Å². The van der Waals surface area contributed by atoms with Gasteiger partial charge in [-0.15, -0.1) is 11.8 Å². The maximum Gasteiger partial charge on any atom is 0.306 e. The standard InChI is InChI=1S/C14H18BrNO3S2/c1-19-14(18)6-8-20-10-13(17)16-7-9-21-12-4-2-11(15)3-5-12/h2-5H,6-10H2,1H3,(H,16,17). The van der Waals surface area contributed by atoms with Crippen molar-refractivity contribution in [3.05, 3.63) is 28.7 Å². The number of esters is 1. The fourth-order valence-electron chi connectivity index (χ4n) is 1.36. The molecule has 0 unspecified atom stereocenters. The summed E-state index contributed by atoms with van der Waals surface area (Å²) in [6.07, 6.45) is 0.341. The van der Waals surface area contributed by atoms with Crippen molar-refractivity contribution in [1.82, 2.24) is 5.32 Å². The minimum Gasteiger partial charge on any atom is -0.469 e. The summed E-state index contributed by atoms with van der Waals surface area (Å²) in [7, 11) is 1.36. The largest absolute Gasteiger partial charge is 0.469 e. The molecular formula is C14H18BrNO3S2. The van der Waals surface area contributed by atoms with Crippen LogP contribution in [-0.2, 0) is 14.3 Å². The van der Waals surface area contributed by atoms with Crippen molar-refractivity contribution in [2.24, 2.45) is 0 Å². The molecule has 0 aliphatic heterocycles. The van der Waals surface area contributed by atoms with Crippen LogP contribution in [0, 0.1) is 0 Å². The molecule has 0 aromatic heterocycles. The van der Waals surface area contributed by atoms with Crippen LogP contribution in [0.1, 0.15) is 6.42 Å². The van der Waals surface area contributed by atoms with Crippen molar-refractivity contribution in [2.75, 3.05) is 30.9 Å². The van der Waals surface area contributed by atoms with Gasteiger partial charge >= 0.3 is 5.97 Å². The molecule has 1 aromatic rings. The van der Waals surface area contributed by atoms with Crippen molar-refractivity contribution in [2.45, 2.75) is 11.3 Å². The summed E-state index contributed by atoms with van der Waals surface area (Å²) < 4.78 is 5.59. The molecule has 1 amide bonds. The summed E-state index contributed by atoms with van der Waals surface area (Å²) in [4.78, 5) is 23.6. The number of halogens is 1. The van der Waals surface area contributed by atoms with Crippen LogP contribution in [-0.4, -0.2) is 42.8 Å². The maximum atomic E-state index is 11.5. The molecular weight excluding hydrogens is 374 g/mol. The molecule has 0 bridgehead atoms. The molecule has 21 heavy (non-hydrogen) atoms. The zero-order valence-electron chi connectivity index (χ0n) is 11.8. The minimum atomic E-state index is -0.242. The number of methoxy groups -OCH3 is 1. The highest BCUT2D eigenvalue weighted by molar-refractivity contribution is 9.10. The number of thioether (sulfide) groups is 2. The van der Waals surface area contributed by atoms with Gasteiger partial charge in [0.2, 0.25) is 5.91 Å². The fourth-order valence-corrected chi connectivity index (χ4v) is 3.14.